The lowest BCUT2D eigenvalue weighted by Crippen LogP contribution is -2.50. The van der Waals surface area contributed by atoms with E-state index in [0.717, 1.165) is 16.7 Å². The zero-order valence-electron chi connectivity index (χ0n) is 22.7. The first-order valence-electron chi connectivity index (χ1n) is 13.0. The molecular formula is C31H30FN3O5S. The van der Waals surface area contributed by atoms with Crippen molar-refractivity contribution in [1.82, 2.24) is 4.90 Å². The van der Waals surface area contributed by atoms with Crippen molar-refractivity contribution in [3.63, 3.8) is 0 Å². The van der Waals surface area contributed by atoms with E-state index in [9.17, 15) is 13.2 Å². The summed E-state index contributed by atoms with van der Waals surface area (Å²) in [6.07, 6.45) is 0. The van der Waals surface area contributed by atoms with Crippen LogP contribution < -0.4 is 19.1 Å². The second kappa shape index (κ2) is 11.9. The molecule has 41 heavy (non-hydrogen) atoms. The van der Waals surface area contributed by atoms with Crippen molar-refractivity contribution in [1.29, 1.82) is 0 Å². The third-order valence-corrected chi connectivity index (χ3v) is 8.36. The van der Waals surface area contributed by atoms with Crippen LogP contribution in [0.1, 0.15) is 5.56 Å². The molecule has 0 aliphatic carbocycles. The number of hydrogen-bond donors (Lipinski definition) is 1. The summed E-state index contributed by atoms with van der Waals surface area (Å²) in [5.74, 6) is 0.370. The van der Waals surface area contributed by atoms with Gasteiger partial charge in [0.2, 0.25) is 5.91 Å². The molecule has 1 aliphatic heterocycles. The van der Waals surface area contributed by atoms with Crippen LogP contribution in [0.15, 0.2) is 95.9 Å². The third-order valence-electron chi connectivity index (χ3n) is 6.97. The van der Waals surface area contributed by atoms with Gasteiger partial charge in [-0.2, -0.15) is 0 Å². The van der Waals surface area contributed by atoms with E-state index >= 15 is 4.39 Å². The van der Waals surface area contributed by atoms with Gasteiger partial charge in [-0.25, -0.2) is 12.8 Å². The average molecular weight is 576 g/mol. The molecule has 10 heteroatoms. The Balaban J connectivity index is 1.23. The van der Waals surface area contributed by atoms with Crippen molar-refractivity contribution in [3.8, 4) is 22.6 Å². The molecule has 0 saturated carbocycles. The van der Waals surface area contributed by atoms with E-state index < -0.39 is 15.8 Å². The van der Waals surface area contributed by atoms with Crippen LogP contribution in [0.3, 0.4) is 0 Å². The van der Waals surface area contributed by atoms with Crippen molar-refractivity contribution in [2.45, 2.75) is 11.4 Å². The normalized spacial score (nSPS) is 13.7. The quantitative estimate of drug-likeness (QED) is 0.297. The van der Waals surface area contributed by atoms with Crippen LogP contribution in [0.2, 0.25) is 0 Å². The van der Waals surface area contributed by atoms with Crippen LogP contribution in [0.4, 0.5) is 15.8 Å². The number of methoxy groups -OCH3 is 2. The van der Waals surface area contributed by atoms with E-state index in [1.807, 2.05) is 42.5 Å². The largest absolute Gasteiger partial charge is 0.493 e. The molecule has 0 atom stereocenters. The number of benzene rings is 4. The van der Waals surface area contributed by atoms with E-state index in [0.29, 0.717) is 36.8 Å². The van der Waals surface area contributed by atoms with Crippen LogP contribution >= 0.6 is 0 Å². The Morgan fingerprint density at radius 2 is 1.54 bits per heavy atom. The van der Waals surface area contributed by atoms with Crippen molar-refractivity contribution in [2.24, 2.45) is 0 Å². The van der Waals surface area contributed by atoms with Crippen LogP contribution in [0.5, 0.6) is 11.5 Å². The molecule has 212 valence electrons. The highest BCUT2D eigenvalue weighted by atomic mass is 32.2. The van der Waals surface area contributed by atoms with E-state index in [-0.39, 0.29) is 23.0 Å². The monoisotopic (exact) mass is 575 g/mol. The SMILES string of the molecule is COc1ccc(CN2CCN(c3ccc(NS(=O)(=O)c4ccc(-c5ccccc5)cc4)c(F)c3)CC2=O)cc1OC. The summed E-state index contributed by atoms with van der Waals surface area (Å²) in [7, 11) is -0.885. The van der Waals surface area contributed by atoms with E-state index in [1.165, 1.54) is 24.3 Å². The summed E-state index contributed by atoms with van der Waals surface area (Å²) < 4.78 is 53.9. The van der Waals surface area contributed by atoms with Gasteiger partial charge in [0, 0.05) is 25.3 Å². The highest BCUT2D eigenvalue weighted by Crippen LogP contribution is 2.29. The Bertz CT molecular complexity index is 1650. The van der Waals surface area contributed by atoms with Crippen LogP contribution in [-0.2, 0) is 21.4 Å². The molecule has 0 unspecified atom stereocenters. The average Bonchev–Trinajstić information content (AvgIpc) is 2.99. The maximum absolute atomic E-state index is 15.1. The number of rotatable bonds is 9. The van der Waals surface area contributed by atoms with Gasteiger partial charge in [-0.05, 0) is 59.2 Å². The Labute approximate surface area is 239 Å². The zero-order chi connectivity index (χ0) is 29.0. The second-order valence-electron chi connectivity index (χ2n) is 9.59. The summed E-state index contributed by atoms with van der Waals surface area (Å²) >= 11 is 0. The minimum absolute atomic E-state index is 0.0249. The molecule has 1 fully saturated rings. The summed E-state index contributed by atoms with van der Waals surface area (Å²) in [5.41, 5.74) is 3.07. The fraction of sp³-hybridized carbons (Fsp3) is 0.194. The number of ether oxygens (including phenoxy) is 2. The molecule has 0 radical (unpaired) electrons. The highest BCUT2D eigenvalue weighted by molar-refractivity contribution is 7.92. The minimum atomic E-state index is -4.01. The zero-order valence-corrected chi connectivity index (χ0v) is 23.5. The first kappa shape index (κ1) is 28.0. The number of hydrogen-bond acceptors (Lipinski definition) is 6. The van der Waals surface area contributed by atoms with Crippen LogP contribution in [0.25, 0.3) is 11.1 Å². The number of sulfonamides is 1. The number of amides is 1. The number of piperazine rings is 1. The predicted molar refractivity (Wildman–Crippen MR) is 156 cm³/mol. The van der Waals surface area contributed by atoms with Gasteiger partial charge in [-0.15, -0.1) is 0 Å². The Hall–Kier alpha value is -4.57. The molecule has 0 spiro atoms. The molecule has 0 bridgehead atoms. The third kappa shape index (κ3) is 6.28. The standard InChI is InChI=1S/C31H30FN3O5S/c1-39-29-15-8-22(18-30(29)40-2)20-35-17-16-34(21-31(35)36)25-11-14-28(27(32)19-25)33-41(37,38)26-12-9-24(10-13-26)23-6-4-3-5-7-23/h3-15,18-19,33H,16-17,20-21H2,1-2H3. The first-order chi connectivity index (χ1) is 19.8. The van der Waals surface area contributed by atoms with Gasteiger partial charge in [-0.1, -0.05) is 48.5 Å². The Morgan fingerprint density at radius 3 is 2.20 bits per heavy atom. The number of nitrogens with one attached hydrogen (secondary N) is 1. The minimum Gasteiger partial charge on any atom is -0.493 e. The smallest absolute Gasteiger partial charge is 0.261 e. The lowest BCUT2D eigenvalue weighted by Gasteiger charge is -2.35. The Morgan fingerprint density at radius 1 is 0.829 bits per heavy atom. The lowest BCUT2D eigenvalue weighted by molar-refractivity contribution is -0.131. The summed E-state index contributed by atoms with van der Waals surface area (Å²) in [6, 6.07) is 25.7. The molecule has 4 aromatic carbocycles. The van der Waals surface area contributed by atoms with Crippen LogP contribution in [-0.4, -0.2) is 53.1 Å². The van der Waals surface area contributed by atoms with Gasteiger partial charge < -0.3 is 19.3 Å². The topological polar surface area (TPSA) is 88.2 Å². The maximum atomic E-state index is 15.1. The molecule has 5 rings (SSSR count). The maximum Gasteiger partial charge on any atom is 0.261 e. The molecule has 1 heterocycles. The van der Waals surface area contributed by atoms with Gasteiger partial charge in [0.25, 0.3) is 10.0 Å². The first-order valence-corrected chi connectivity index (χ1v) is 14.5. The van der Waals surface area contributed by atoms with Gasteiger partial charge >= 0.3 is 0 Å². The predicted octanol–water partition coefficient (Wildman–Crippen LogP) is 5.16. The molecule has 1 amide bonds. The van der Waals surface area contributed by atoms with Crippen molar-refractivity contribution in [3.05, 3.63) is 102 Å². The Kier molecular flexibility index (Phi) is 8.11. The fourth-order valence-electron chi connectivity index (χ4n) is 4.74. The van der Waals surface area contributed by atoms with E-state index in [2.05, 4.69) is 4.72 Å². The number of carbonyl (C=O) groups is 1. The van der Waals surface area contributed by atoms with E-state index in [4.69, 9.17) is 9.47 Å². The fourth-order valence-corrected chi connectivity index (χ4v) is 5.81. The number of halogens is 1. The van der Waals surface area contributed by atoms with Crippen molar-refractivity contribution >= 4 is 27.3 Å². The molecule has 1 N–H and O–H groups in total. The molecule has 8 nitrogen and oxygen atoms in total. The van der Waals surface area contributed by atoms with Gasteiger partial charge in [0.15, 0.2) is 11.5 Å². The summed E-state index contributed by atoms with van der Waals surface area (Å²) in [4.78, 5) is 16.4. The van der Waals surface area contributed by atoms with E-state index in [1.54, 1.807) is 48.3 Å². The number of carbonyl (C=O) groups excluding carboxylic acids is 1. The van der Waals surface area contributed by atoms with Crippen LogP contribution in [0, 0.1) is 5.82 Å². The molecule has 0 aromatic heterocycles. The second-order valence-corrected chi connectivity index (χ2v) is 11.3. The summed E-state index contributed by atoms with van der Waals surface area (Å²) in [5, 5.41) is 0. The van der Waals surface area contributed by atoms with Crippen molar-refractivity contribution < 1.29 is 27.1 Å². The molecular weight excluding hydrogens is 545 g/mol. The highest BCUT2D eigenvalue weighted by Gasteiger charge is 2.25. The number of anilines is 2. The number of nitrogens with zero attached hydrogens (tertiary/aromatic N) is 2. The molecule has 4 aromatic rings. The van der Waals surface area contributed by atoms with Gasteiger partial charge in [-0.3, -0.25) is 9.52 Å². The van der Waals surface area contributed by atoms with Gasteiger partial charge in [0.1, 0.15) is 5.82 Å². The van der Waals surface area contributed by atoms with Gasteiger partial charge in [0.05, 0.1) is 31.3 Å². The molecule has 1 saturated heterocycles. The lowest BCUT2D eigenvalue weighted by atomic mass is 10.1. The molecule has 1 aliphatic rings. The summed E-state index contributed by atoms with van der Waals surface area (Å²) in [6.45, 7) is 1.43. The van der Waals surface area contributed by atoms with Crippen molar-refractivity contribution in [2.75, 3.05) is 43.5 Å².